The summed E-state index contributed by atoms with van der Waals surface area (Å²) in [5, 5.41) is 0.913. The number of hydrogen-bond acceptors (Lipinski definition) is 5. The van der Waals surface area contributed by atoms with E-state index in [0.29, 0.717) is 13.2 Å². The van der Waals surface area contributed by atoms with E-state index in [-0.39, 0.29) is 0 Å². The van der Waals surface area contributed by atoms with Crippen molar-refractivity contribution in [2.45, 2.75) is 20.1 Å². The molecule has 0 amide bonds. The zero-order chi connectivity index (χ0) is 12.3. The lowest BCUT2D eigenvalue weighted by Crippen LogP contribution is -1.99. The van der Waals surface area contributed by atoms with E-state index >= 15 is 0 Å². The lowest BCUT2D eigenvalue weighted by Gasteiger charge is -1.98. The SMILES string of the molecule is COCc1nc(-c2ncccc2C)sc1CN. The number of ether oxygens (including phenoxy) is 1. The Hall–Kier alpha value is -1.30. The highest BCUT2D eigenvalue weighted by Gasteiger charge is 2.13. The van der Waals surface area contributed by atoms with Gasteiger partial charge in [0.25, 0.3) is 0 Å². The molecule has 4 nitrogen and oxygen atoms in total. The second-order valence-electron chi connectivity index (χ2n) is 3.69. The van der Waals surface area contributed by atoms with E-state index in [0.717, 1.165) is 26.8 Å². The number of aryl methyl sites for hydroxylation is 1. The summed E-state index contributed by atoms with van der Waals surface area (Å²) < 4.78 is 5.12. The van der Waals surface area contributed by atoms with Crippen molar-refractivity contribution >= 4 is 11.3 Å². The number of nitrogens with zero attached hydrogens (tertiary/aromatic N) is 2. The Morgan fingerprint density at radius 1 is 1.47 bits per heavy atom. The third kappa shape index (κ3) is 2.52. The van der Waals surface area contributed by atoms with Crippen molar-refractivity contribution in [3.63, 3.8) is 0 Å². The number of rotatable bonds is 4. The van der Waals surface area contributed by atoms with Gasteiger partial charge in [0.1, 0.15) is 10.7 Å². The number of hydrogen-bond donors (Lipinski definition) is 1. The molecule has 0 bridgehead atoms. The highest BCUT2D eigenvalue weighted by molar-refractivity contribution is 7.15. The number of nitrogens with two attached hydrogens (primary N) is 1. The summed E-state index contributed by atoms with van der Waals surface area (Å²) in [5.41, 5.74) is 8.67. The number of thiazole rings is 1. The van der Waals surface area contributed by atoms with Gasteiger partial charge >= 0.3 is 0 Å². The van der Waals surface area contributed by atoms with E-state index in [4.69, 9.17) is 10.5 Å². The molecule has 0 aromatic carbocycles. The summed E-state index contributed by atoms with van der Waals surface area (Å²) in [4.78, 5) is 9.98. The Morgan fingerprint density at radius 2 is 2.29 bits per heavy atom. The molecule has 0 atom stereocenters. The van der Waals surface area contributed by atoms with Crippen LogP contribution in [0.4, 0.5) is 0 Å². The first-order chi connectivity index (χ1) is 8.26. The van der Waals surface area contributed by atoms with Gasteiger partial charge in [-0.05, 0) is 18.6 Å². The smallest absolute Gasteiger partial charge is 0.142 e. The Morgan fingerprint density at radius 3 is 2.94 bits per heavy atom. The van der Waals surface area contributed by atoms with Crippen LogP contribution in [0.5, 0.6) is 0 Å². The Labute approximate surface area is 104 Å². The van der Waals surface area contributed by atoms with Gasteiger partial charge < -0.3 is 10.5 Å². The van der Waals surface area contributed by atoms with Crippen molar-refractivity contribution in [2.75, 3.05) is 7.11 Å². The van der Waals surface area contributed by atoms with Crippen LogP contribution in [0.1, 0.15) is 16.1 Å². The monoisotopic (exact) mass is 249 g/mol. The highest BCUT2D eigenvalue weighted by Crippen LogP contribution is 2.28. The summed E-state index contributed by atoms with van der Waals surface area (Å²) in [7, 11) is 1.66. The minimum Gasteiger partial charge on any atom is -0.378 e. The Balaban J connectivity index is 2.43. The zero-order valence-electron chi connectivity index (χ0n) is 9.93. The molecule has 2 N–H and O–H groups in total. The third-order valence-corrected chi connectivity index (χ3v) is 3.58. The van der Waals surface area contributed by atoms with Gasteiger partial charge in [-0.3, -0.25) is 4.98 Å². The average molecular weight is 249 g/mol. The van der Waals surface area contributed by atoms with E-state index in [9.17, 15) is 0 Å². The fraction of sp³-hybridized carbons (Fsp3) is 0.333. The van der Waals surface area contributed by atoms with Gasteiger partial charge in [0.15, 0.2) is 0 Å². The molecule has 5 heteroatoms. The number of methoxy groups -OCH3 is 1. The second-order valence-corrected chi connectivity index (χ2v) is 4.78. The molecule has 0 aliphatic rings. The van der Waals surface area contributed by atoms with Gasteiger partial charge in [0.05, 0.1) is 12.3 Å². The lowest BCUT2D eigenvalue weighted by molar-refractivity contribution is 0.181. The molecule has 2 rings (SSSR count). The molecule has 2 aromatic heterocycles. The molecule has 2 aromatic rings. The maximum Gasteiger partial charge on any atom is 0.142 e. The summed E-state index contributed by atoms with van der Waals surface area (Å²) in [6.07, 6.45) is 1.78. The summed E-state index contributed by atoms with van der Waals surface area (Å²) in [6, 6.07) is 3.95. The van der Waals surface area contributed by atoms with Crippen LogP contribution in [0.25, 0.3) is 10.7 Å². The van der Waals surface area contributed by atoms with Crippen LogP contribution >= 0.6 is 11.3 Å². The first kappa shape index (κ1) is 12.2. The highest BCUT2D eigenvalue weighted by atomic mass is 32.1. The first-order valence-corrected chi connectivity index (χ1v) is 6.17. The van der Waals surface area contributed by atoms with Gasteiger partial charge in [0, 0.05) is 24.7 Å². The first-order valence-electron chi connectivity index (χ1n) is 5.35. The Kier molecular flexibility index (Phi) is 3.83. The third-order valence-electron chi connectivity index (χ3n) is 2.46. The van der Waals surface area contributed by atoms with Crippen LogP contribution in [0.3, 0.4) is 0 Å². The molecule has 17 heavy (non-hydrogen) atoms. The normalized spacial score (nSPS) is 10.8. The predicted molar refractivity (Wildman–Crippen MR) is 68.7 cm³/mol. The van der Waals surface area contributed by atoms with Gasteiger partial charge in [-0.15, -0.1) is 11.3 Å². The van der Waals surface area contributed by atoms with Crippen LogP contribution in [0, 0.1) is 6.92 Å². The number of aromatic nitrogens is 2. The molecule has 90 valence electrons. The molecular weight excluding hydrogens is 234 g/mol. The molecular formula is C12H15N3OS. The van der Waals surface area contributed by atoms with Crippen molar-refractivity contribution in [2.24, 2.45) is 5.73 Å². The van der Waals surface area contributed by atoms with Gasteiger partial charge in [-0.2, -0.15) is 0 Å². The fourth-order valence-electron chi connectivity index (χ4n) is 1.60. The van der Waals surface area contributed by atoms with Crippen molar-refractivity contribution < 1.29 is 4.74 Å². The van der Waals surface area contributed by atoms with Crippen LogP contribution in [-0.2, 0) is 17.9 Å². The molecule has 0 fully saturated rings. The van der Waals surface area contributed by atoms with Crippen molar-refractivity contribution in [1.29, 1.82) is 0 Å². The van der Waals surface area contributed by atoms with Gasteiger partial charge in [-0.1, -0.05) is 6.07 Å². The molecule has 0 aliphatic heterocycles. The molecule has 2 heterocycles. The van der Waals surface area contributed by atoms with E-state index in [1.807, 2.05) is 19.1 Å². The van der Waals surface area contributed by atoms with Gasteiger partial charge in [0.2, 0.25) is 0 Å². The fourth-order valence-corrected chi connectivity index (χ4v) is 2.61. The summed E-state index contributed by atoms with van der Waals surface area (Å²) in [6.45, 7) is 3.01. The van der Waals surface area contributed by atoms with Crippen molar-refractivity contribution in [3.8, 4) is 10.7 Å². The zero-order valence-corrected chi connectivity index (χ0v) is 10.8. The molecule has 0 spiro atoms. The predicted octanol–water partition coefficient (Wildman–Crippen LogP) is 2.12. The topological polar surface area (TPSA) is 61.0 Å². The summed E-state index contributed by atoms with van der Waals surface area (Å²) in [5.74, 6) is 0. The lowest BCUT2D eigenvalue weighted by atomic mass is 10.2. The van der Waals surface area contributed by atoms with Gasteiger partial charge in [-0.25, -0.2) is 4.98 Å². The van der Waals surface area contributed by atoms with Crippen molar-refractivity contribution in [3.05, 3.63) is 34.5 Å². The van der Waals surface area contributed by atoms with Crippen molar-refractivity contribution in [1.82, 2.24) is 9.97 Å². The van der Waals surface area contributed by atoms with Crippen LogP contribution in [-0.4, -0.2) is 17.1 Å². The number of pyridine rings is 1. The minimum absolute atomic E-state index is 0.488. The van der Waals surface area contributed by atoms with E-state index in [2.05, 4.69) is 9.97 Å². The van der Waals surface area contributed by atoms with Crippen LogP contribution < -0.4 is 5.73 Å². The van der Waals surface area contributed by atoms with Crippen LogP contribution in [0.15, 0.2) is 18.3 Å². The molecule has 0 aliphatic carbocycles. The standard InChI is InChI=1S/C12H15N3OS/c1-8-4-3-5-14-11(8)12-15-9(7-16-2)10(6-13)17-12/h3-5H,6-7,13H2,1-2H3. The van der Waals surface area contributed by atoms with E-state index in [1.165, 1.54) is 0 Å². The maximum atomic E-state index is 5.70. The average Bonchev–Trinajstić information content (AvgIpc) is 2.73. The van der Waals surface area contributed by atoms with Crippen LogP contribution in [0.2, 0.25) is 0 Å². The quantitative estimate of drug-likeness (QED) is 0.901. The summed E-state index contributed by atoms with van der Waals surface area (Å²) >= 11 is 1.59. The maximum absolute atomic E-state index is 5.70. The largest absolute Gasteiger partial charge is 0.378 e. The molecule has 0 unspecified atom stereocenters. The molecule has 0 saturated carbocycles. The molecule has 0 radical (unpaired) electrons. The second kappa shape index (κ2) is 5.35. The van der Waals surface area contributed by atoms with E-state index in [1.54, 1.807) is 24.6 Å². The molecule has 0 saturated heterocycles. The minimum atomic E-state index is 0.488. The van der Waals surface area contributed by atoms with E-state index < -0.39 is 0 Å². The Bertz CT molecular complexity index is 510.